The molecule has 1 fully saturated rings. The number of ether oxygens (including phenoxy) is 4. The molecule has 1 amide bonds. The van der Waals surface area contributed by atoms with Crippen molar-refractivity contribution in [3.63, 3.8) is 0 Å². The molecule has 0 aliphatic carbocycles. The maximum absolute atomic E-state index is 14.9. The second-order valence-corrected chi connectivity index (χ2v) is 8.79. The Kier molecular flexibility index (Phi) is 8.87. The SMILES string of the molecule is COc1ccc(NC(=O)C(C)c2nc(OC)nc(N[C@H](C)c3cccc(C(F)F)c3F)c2C2OCCO2)cc1. The maximum atomic E-state index is 14.9. The first-order chi connectivity index (χ1) is 18.7. The largest absolute Gasteiger partial charge is 0.497 e. The van der Waals surface area contributed by atoms with Crippen molar-refractivity contribution >= 4 is 17.4 Å². The van der Waals surface area contributed by atoms with Crippen LogP contribution in [0.4, 0.5) is 24.7 Å². The number of halogens is 3. The average Bonchev–Trinajstić information content (AvgIpc) is 3.47. The Hall–Kier alpha value is -3.90. The highest BCUT2D eigenvalue weighted by atomic mass is 19.3. The lowest BCUT2D eigenvalue weighted by Crippen LogP contribution is -2.24. The van der Waals surface area contributed by atoms with Crippen LogP contribution in [0.2, 0.25) is 0 Å². The van der Waals surface area contributed by atoms with E-state index in [0.29, 0.717) is 30.2 Å². The highest BCUT2D eigenvalue weighted by molar-refractivity contribution is 5.95. The summed E-state index contributed by atoms with van der Waals surface area (Å²) in [6.45, 7) is 3.84. The van der Waals surface area contributed by atoms with Crippen LogP contribution in [0.15, 0.2) is 42.5 Å². The minimum absolute atomic E-state index is 0.0106. The normalized spacial score (nSPS) is 15.2. The summed E-state index contributed by atoms with van der Waals surface area (Å²) in [5.74, 6) is -1.44. The minimum atomic E-state index is -2.97. The molecule has 0 radical (unpaired) electrons. The highest BCUT2D eigenvalue weighted by Crippen LogP contribution is 2.38. The first-order valence-electron chi connectivity index (χ1n) is 12.2. The third kappa shape index (κ3) is 6.23. The number of aromatic nitrogens is 2. The molecule has 39 heavy (non-hydrogen) atoms. The zero-order valence-electron chi connectivity index (χ0n) is 21.8. The summed E-state index contributed by atoms with van der Waals surface area (Å²) in [5, 5.41) is 5.90. The fourth-order valence-electron chi connectivity index (χ4n) is 4.16. The molecule has 1 aliphatic heterocycles. The standard InChI is InChI=1S/C27H29F3N4O5/c1-14(25(35)32-16-8-10-17(36-3)11-9-16)22-20(26-38-12-13-39-26)24(34-27(33-22)37-4)31-15(2)18-6-5-7-19(21(18)28)23(29)30/h5-11,14-15,23,26H,12-13H2,1-4H3,(H,32,35)(H,31,33,34)/t14?,15-/m1/s1. The van der Waals surface area contributed by atoms with E-state index in [4.69, 9.17) is 18.9 Å². The van der Waals surface area contributed by atoms with Crippen molar-refractivity contribution in [2.45, 2.75) is 38.5 Å². The summed E-state index contributed by atoms with van der Waals surface area (Å²) < 4.78 is 63.4. The van der Waals surface area contributed by atoms with Crippen molar-refractivity contribution in [2.75, 3.05) is 38.1 Å². The molecule has 0 saturated carbocycles. The van der Waals surface area contributed by atoms with Crippen LogP contribution >= 0.6 is 0 Å². The van der Waals surface area contributed by atoms with Gasteiger partial charge in [0.2, 0.25) is 5.91 Å². The van der Waals surface area contributed by atoms with Crippen molar-refractivity contribution < 1.29 is 36.9 Å². The molecule has 1 aliphatic rings. The Morgan fingerprint density at radius 3 is 2.28 bits per heavy atom. The summed E-state index contributed by atoms with van der Waals surface area (Å²) in [4.78, 5) is 22.1. The van der Waals surface area contributed by atoms with Gasteiger partial charge in [-0.05, 0) is 38.1 Å². The van der Waals surface area contributed by atoms with Crippen LogP contribution in [0.1, 0.15) is 60.9 Å². The van der Waals surface area contributed by atoms with Crippen LogP contribution in [-0.4, -0.2) is 43.3 Å². The van der Waals surface area contributed by atoms with Gasteiger partial charge >= 0.3 is 6.01 Å². The lowest BCUT2D eigenvalue weighted by Gasteiger charge is -2.24. The molecular weight excluding hydrogens is 517 g/mol. The third-order valence-corrected chi connectivity index (χ3v) is 6.27. The Bertz CT molecular complexity index is 1300. The Labute approximate surface area is 223 Å². The molecule has 2 N–H and O–H groups in total. The quantitative estimate of drug-likeness (QED) is 0.342. The molecule has 2 aromatic carbocycles. The van der Waals surface area contributed by atoms with Gasteiger partial charge < -0.3 is 29.6 Å². The number of nitrogens with one attached hydrogen (secondary N) is 2. The number of nitrogens with zero attached hydrogens (tertiary/aromatic N) is 2. The number of carbonyl (C=O) groups is 1. The first kappa shape index (κ1) is 28.1. The van der Waals surface area contributed by atoms with Crippen LogP contribution in [0, 0.1) is 5.82 Å². The molecule has 3 aromatic rings. The molecule has 0 spiro atoms. The Morgan fingerprint density at radius 2 is 1.67 bits per heavy atom. The molecule has 1 unspecified atom stereocenters. The molecular formula is C27H29F3N4O5. The molecule has 0 bridgehead atoms. The zero-order valence-corrected chi connectivity index (χ0v) is 21.8. The summed E-state index contributed by atoms with van der Waals surface area (Å²) in [7, 11) is 2.91. The van der Waals surface area contributed by atoms with E-state index in [2.05, 4.69) is 20.6 Å². The van der Waals surface area contributed by atoms with Gasteiger partial charge in [0.05, 0.1) is 56.2 Å². The minimum Gasteiger partial charge on any atom is -0.497 e. The second kappa shape index (κ2) is 12.3. The number of carbonyl (C=O) groups excluding carboxylic acids is 1. The number of anilines is 2. The Morgan fingerprint density at radius 1 is 1.00 bits per heavy atom. The number of rotatable bonds is 10. The second-order valence-electron chi connectivity index (χ2n) is 8.79. The van der Waals surface area contributed by atoms with Crippen molar-refractivity contribution in [2.24, 2.45) is 0 Å². The van der Waals surface area contributed by atoms with Crippen LogP contribution in [0.5, 0.6) is 11.8 Å². The number of methoxy groups -OCH3 is 2. The van der Waals surface area contributed by atoms with E-state index in [1.54, 1.807) is 45.2 Å². The van der Waals surface area contributed by atoms with Gasteiger partial charge in [0.15, 0.2) is 6.29 Å². The number of hydrogen-bond acceptors (Lipinski definition) is 8. The number of amides is 1. The lowest BCUT2D eigenvalue weighted by molar-refractivity contribution is -0.117. The summed E-state index contributed by atoms with van der Waals surface area (Å²) in [5.41, 5.74) is 0.439. The lowest BCUT2D eigenvalue weighted by atomic mass is 9.99. The van der Waals surface area contributed by atoms with Crippen molar-refractivity contribution in [3.8, 4) is 11.8 Å². The Balaban J connectivity index is 1.71. The molecule has 12 heteroatoms. The van der Waals surface area contributed by atoms with Gasteiger partial charge in [-0.15, -0.1) is 0 Å². The summed E-state index contributed by atoms with van der Waals surface area (Å²) >= 11 is 0. The molecule has 1 saturated heterocycles. The van der Waals surface area contributed by atoms with Crippen molar-refractivity contribution in [1.29, 1.82) is 0 Å². The van der Waals surface area contributed by atoms with Gasteiger partial charge in [0.1, 0.15) is 17.4 Å². The summed E-state index contributed by atoms with van der Waals surface area (Å²) in [6.07, 6.45) is -3.89. The van der Waals surface area contributed by atoms with Gasteiger partial charge in [-0.25, -0.2) is 13.2 Å². The van der Waals surface area contributed by atoms with Gasteiger partial charge in [-0.3, -0.25) is 4.79 Å². The maximum Gasteiger partial charge on any atom is 0.318 e. The summed E-state index contributed by atoms with van der Waals surface area (Å²) in [6, 6.07) is 9.76. The van der Waals surface area contributed by atoms with E-state index in [1.165, 1.54) is 19.2 Å². The van der Waals surface area contributed by atoms with Crippen molar-refractivity contribution in [3.05, 3.63) is 70.7 Å². The van der Waals surface area contributed by atoms with Crippen LogP contribution in [0.25, 0.3) is 0 Å². The predicted octanol–water partition coefficient (Wildman–Crippen LogP) is 5.53. The smallest absolute Gasteiger partial charge is 0.318 e. The molecule has 9 nitrogen and oxygen atoms in total. The topological polar surface area (TPSA) is 104 Å². The van der Waals surface area contributed by atoms with E-state index < -0.39 is 36.1 Å². The molecule has 208 valence electrons. The van der Waals surface area contributed by atoms with Crippen LogP contribution in [0.3, 0.4) is 0 Å². The first-order valence-corrected chi connectivity index (χ1v) is 12.2. The van der Waals surface area contributed by atoms with E-state index in [9.17, 15) is 18.0 Å². The van der Waals surface area contributed by atoms with E-state index in [1.807, 2.05) is 0 Å². The number of alkyl halides is 2. The van der Waals surface area contributed by atoms with Crippen LogP contribution < -0.4 is 20.1 Å². The average molecular weight is 547 g/mol. The highest BCUT2D eigenvalue weighted by Gasteiger charge is 2.33. The fourth-order valence-corrected chi connectivity index (χ4v) is 4.16. The molecule has 2 atom stereocenters. The zero-order chi connectivity index (χ0) is 28.1. The molecule has 1 aromatic heterocycles. The van der Waals surface area contributed by atoms with Gasteiger partial charge in [0.25, 0.3) is 6.43 Å². The fraction of sp³-hybridized carbons (Fsp3) is 0.370. The van der Waals surface area contributed by atoms with Gasteiger partial charge in [0, 0.05) is 11.3 Å². The predicted molar refractivity (Wildman–Crippen MR) is 137 cm³/mol. The van der Waals surface area contributed by atoms with E-state index in [0.717, 1.165) is 6.07 Å². The van der Waals surface area contributed by atoms with Crippen LogP contribution in [-0.2, 0) is 14.3 Å². The number of hydrogen-bond donors (Lipinski definition) is 2. The molecule has 2 heterocycles. The van der Waals surface area contributed by atoms with Gasteiger partial charge in [-0.1, -0.05) is 18.2 Å². The van der Waals surface area contributed by atoms with E-state index in [-0.39, 0.29) is 29.0 Å². The third-order valence-electron chi connectivity index (χ3n) is 6.27. The monoisotopic (exact) mass is 546 g/mol. The molecule has 4 rings (SSSR count). The van der Waals surface area contributed by atoms with Gasteiger partial charge in [-0.2, -0.15) is 9.97 Å². The van der Waals surface area contributed by atoms with E-state index >= 15 is 0 Å². The number of benzene rings is 2. The van der Waals surface area contributed by atoms with Crippen molar-refractivity contribution in [1.82, 2.24) is 9.97 Å².